The highest BCUT2D eigenvalue weighted by atomic mass is 16.8. The molecule has 1 spiro atoms. The maximum absolute atomic E-state index is 12.0. The van der Waals surface area contributed by atoms with E-state index in [9.17, 15) is 76.6 Å². The highest BCUT2D eigenvalue weighted by molar-refractivity contribution is 5.16. The third-order valence-corrected chi connectivity index (χ3v) is 22.1. The van der Waals surface area contributed by atoms with Crippen molar-refractivity contribution in [2.24, 2.45) is 52.3 Å². The third-order valence-electron chi connectivity index (χ3n) is 22.1. The zero-order valence-electron chi connectivity index (χ0n) is 47.5. The van der Waals surface area contributed by atoms with Crippen molar-refractivity contribution in [2.75, 3.05) is 39.6 Å². The normalized spacial score (nSPS) is 57.4. The van der Waals surface area contributed by atoms with E-state index in [0.29, 0.717) is 54.3 Å². The third kappa shape index (κ3) is 11.2. The van der Waals surface area contributed by atoms with Crippen molar-refractivity contribution in [3.63, 3.8) is 0 Å². The predicted octanol–water partition coefficient (Wildman–Crippen LogP) is -4.45. The van der Waals surface area contributed by atoms with Crippen LogP contribution in [0.1, 0.15) is 91.9 Å². The van der Waals surface area contributed by atoms with Gasteiger partial charge in [0.05, 0.1) is 51.8 Å². The van der Waals surface area contributed by atoms with E-state index in [-0.39, 0.29) is 23.0 Å². The maximum Gasteiger partial charge on any atom is 0.187 e. The van der Waals surface area contributed by atoms with E-state index in [1.54, 1.807) is 0 Å². The van der Waals surface area contributed by atoms with Crippen LogP contribution in [0.5, 0.6) is 0 Å². The first-order chi connectivity index (χ1) is 39.5. The van der Waals surface area contributed by atoms with E-state index >= 15 is 0 Å². The zero-order chi connectivity index (χ0) is 59.4. The Hall–Kier alpha value is -1.08. The van der Waals surface area contributed by atoms with Crippen LogP contribution < -0.4 is 0 Å². The molecule has 83 heavy (non-hydrogen) atoms. The highest BCUT2D eigenvalue weighted by Crippen LogP contribution is 2.71. The van der Waals surface area contributed by atoms with E-state index in [1.165, 1.54) is 0 Å². The Kier molecular flexibility index (Phi) is 19.1. The van der Waals surface area contributed by atoms with Crippen LogP contribution in [-0.4, -0.2) is 282 Å². The molecule has 0 amide bonds. The molecule has 4 aliphatic carbocycles. The molecule has 0 aromatic rings. The van der Waals surface area contributed by atoms with E-state index < -0.39 is 186 Å². The van der Waals surface area contributed by atoms with Gasteiger partial charge < -0.3 is 133 Å². The number of aliphatic hydroxyl groups excluding tert-OH is 15. The Labute approximate surface area is 481 Å². The van der Waals surface area contributed by atoms with Crippen molar-refractivity contribution in [1.29, 1.82) is 0 Å². The van der Waals surface area contributed by atoms with Gasteiger partial charge in [0, 0.05) is 12.3 Å². The van der Waals surface area contributed by atoms with E-state index in [4.69, 9.17) is 56.8 Å². The largest absolute Gasteiger partial charge is 0.394 e. The fourth-order valence-corrected chi connectivity index (χ4v) is 17.4. The molecule has 4 saturated carbocycles. The maximum atomic E-state index is 12.0. The molecule has 0 bridgehead atoms. The molecule has 7 saturated heterocycles. The molecule has 36 atom stereocenters. The lowest BCUT2D eigenvalue weighted by atomic mass is 9.44. The van der Waals surface area contributed by atoms with Crippen LogP contribution in [0.15, 0.2) is 0 Å². The molecule has 7 aliphatic heterocycles. The lowest BCUT2D eigenvalue weighted by Gasteiger charge is -2.61. The Bertz CT molecular complexity index is 2140. The first-order valence-electron chi connectivity index (χ1n) is 30.3. The Morgan fingerprint density at radius 1 is 0.446 bits per heavy atom. The molecule has 0 radical (unpaired) electrons. The topological polar surface area (TPSA) is 414 Å². The molecule has 0 aromatic carbocycles. The van der Waals surface area contributed by atoms with Crippen molar-refractivity contribution in [3.8, 4) is 0 Å². The van der Waals surface area contributed by atoms with Crippen molar-refractivity contribution in [3.05, 3.63) is 0 Å². The van der Waals surface area contributed by atoms with Gasteiger partial charge in [-0.3, -0.25) is 0 Å². The van der Waals surface area contributed by atoms with Gasteiger partial charge in [-0.05, 0) is 104 Å². The van der Waals surface area contributed by atoms with Crippen molar-refractivity contribution < 1.29 is 133 Å². The number of ether oxygens (including phenoxy) is 12. The summed E-state index contributed by atoms with van der Waals surface area (Å²) in [7, 11) is 0. The van der Waals surface area contributed by atoms with Crippen LogP contribution in [0.2, 0.25) is 0 Å². The molecule has 0 aromatic heterocycles. The van der Waals surface area contributed by atoms with Gasteiger partial charge in [0.2, 0.25) is 0 Å². The first-order valence-corrected chi connectivity index (χ1v) is 30.3. The minimum Gasteiger partial charge on any atom is -0.394 e. The monoisotopic (exact) mass is 1200 g/mol. The number of aliphatic hydroxyl groups is 15. The molecular formula is C56H92O27. The van der Waals surface area contributed by atoms with Crippen LogP contribution in [0.25, 0.3) is 0 Å². The second-order valence-electron chi connectivity index (χ2n) is 26.7. The zero-order valence-corrected chi connectivity index (χ0v) is 47.5. The molecule has 7 heterocycles. The smallest absolute Gasteiger partial charge is 0.187 e. The average Bonchev–Trinajstić information content (AvgIpc) is 4.01. The molecule has 11 fully saturated rings. The fraction of sp³-hybridized carbons (Fsp3) is 1.00. The van der Waals surface area contributed by atoms with Crippen LogP contribution in [0, 0.1) is 52.3 Å². The molecule has 15 N–H and O–H groups in total. The molecule has 27 nitrogen and oxygen atoms in total. The molecule has 27 heteroatoms. The number of fused-ring (bicyclic) bond motifs is 7. The summed E-state index contributed by atoms with van der Waals surface area (Å²) in [6.45, 7) is 6.14. The van der Waals surface area contributed by atoms with E-state index in [1.807, 2.05) is 0 Å². The summed E-state index contributed by atoms with van der Waals surface area (Å²) in [5.74, 6) is 2.83. The van der Waals surface area contributed by atoms with Gasteiger partial charge in [0.25, 0.3) is 0 Å². The minimum atomic E-state index is -2.18. The van der Waals surface area contributed by atoms with Crippen LogP contribution in [0.4, 0.5) is 0 Å². The van der Waals surface area contributed by atoms with E-state index in [0.717, 1.165) is 58.0 Å². The molecule has 11 rings (SSSR count). The number of hydrogen-bond donors (Lipinski definition) is 15. The van der Waals surface area contributed by atoms with Gasteiger partial charge in [-0.25, -0.2) is 0 Å². The molecular weight excluding hydrogens is 1100 g/mol. The molecule has 11 aliphatic rings. The quantitative estimate of drug-likeness (QED) is 0.0730. The number of rotatable bonds is 14. The van der Waals surface area contributed by atoms with Gasteiger partial charge in [-0.2, -0.15) is 0 Å². The Balaban J connectivity index is 0.784. The lowest BCUT2D eigenvalue weighted by Crippen LogP contribution is -2.69. The van der Waals surface area contributed by atoms with Gasteiger partial charge in [0.15, 0.2) is 37.2 Å². The van der Waals surface area contributed by atoms with Crippen LogP contribution in [-0.2, 0) is 56.8 Å². The highest BCUT2D eigenvalue weighted by Gasteiger charge is 2.70. The summed E-state index contributed by atoms with van der Waals surface area (Å²) < 4.78 is 73.4. The summed E-state index contributed by atoms with van der Waals surface area (Å²) in [4.78, 5) is 0. The summed E-state index contributed by atoms with van der Waals surface area (Å²) in [5, 5.41) is 164. The Morgan fingerprint density at radius 2 is 1.01 bits per heavy atom. The van der Waals surface area contributed by atoms with Crippen LogP contribution in [0.3, 0.4) is 0 Å². The van der Waals surface area contributed by atoms with Gasteiger partial charge in [-0.1, -0.05) is 27.7 Å². The summed E-state index contributed by atoms with van der Waals surface area (Å²) in [6.07, 6.45) is -34.5. The fourth-order valence-electron chi connectivity index (χ4n) is 17.4. The second-order valence-corrected chi connectivity index (χ2v) is 26.7. The second kappa shape index (κ2) is 25.0. The predicted molar refractivity (Wildman–Crippen MR) is 275 cm³/mol. The number of hydrogen-bond acceptors (Lipinski definition) is 27. The molecule has 1 unspecified atom stereocenters. The minimum absolute atomic E-state index is 0.0500. The first kappa shape index (κ1) is 63.5. The summed E-state index contributed by atoms with van der Waals surface area (Å²) >= 11 is 0. The van der Waals surface area contributed by atoms with Crippen molar-refractivity contribution in [2.45, 2.75) is 257 Å². The molecule has 478 valence electrons. The van der Waals surface area contributed by atoms with Gasteiger partial charge in [-0.15, -0.1) is 0 Å². The van der Waals surface area contributed by atoms with Gasteiger partial charge in [0.1, 0.15) is 116 Å². The standard InChI is InChI=1S/C56H92O27/c1-21-7-12-56(73-19-21)22(2)34-29(83-56)14-27-25-6-5-23-13-24(8-10-54(23,3)26(25)9-11-55(27,34)4)74-50-43(70)40(67)45(33(18-60)78-50)79-53-48(47(38(65)32(17-59)77-53)81-49-41(68)35(62)28(61)20-72-49)82-52-44(71)46(37(64)31(16-58)76-52)80-51-42(69)39(66)36(63)30(15-57)75-51/h21-53,57-71H,5-20H2,1-4H3/t21-,22+,23+,24+,25-,26+,27+,28-,29+,30-,31-,32-,33-,34?,35+,36-,37+,38-,39+,40-,41-,42-,43-,44-,45+,46+,47+,48-,49+,50-,51+,52+,53+,54+,55+,56-/m1/s1. The summed E-state index contributed by atoms with van der Waals surface area (Å²) in [6, 6.07) is 0. The Morgan fingerprint density at radius 3 is 1.69 bits per heavy atom. The van der Waals surface area contributed by atoms with Gasteiger partial charge >= 0.3 is 0 Å². The van der Waals surface area contributed by atoms with Crippen LogP contribution >= 0.6 is 0 Å². The van der Waals surface area contributed by atoms with E-state index in [2.05, 4.69) is 27.7 Å². The summed E-state index contributed by atoms with van der Waals surface area (Å²) in [5.41, 5.74) is 0.221. The SMILES string of the molecule is C[C@@H]1CC[C@@]2(OC1)O[C@H]1C[C@H]3[C@@H]4CC[C@H]5C[C@@H](O[C@@H]6O[C@H](CO)[C@H](O[C@@H]7O[C@H](CO)[C@@H](O)[C@H](O[C@@H]8OC[C@@H](O)[C@H](O)[C@H]8O)[C@H]7O[C@@H]7O[C@H](CO)[C@H](O)[C@H](O[C@@H]8O[C@H](CO)[C@@H](O)[C@H](O)[C@H]8O)[C@H]7O)[C@H](O)[C@H]6O)CC[C@]5(C)[C@H]4CC[C@]3(C)C1[C@@H]2C. The van der Waals surface area contributed by atoms with Crippen molar-refractivity contribution in [1.82, 2.24) is 0 Å². The average molecular weight is 1200 g/mol. The van der Waals surface area contributed by atoms with Crippen molar-refractivity contribution >= 4 is 0 Å². The lowest BCUT2D eigenvalue weighted by molar-refractivity contribution is -0.409.